The molecule has 1 saturated carbocycles. The molecule has 0 heterocycles. The van der Waals surface area contributed by atoms with Crippen molar-refractivity contribution < 1.29 is 9.90 Å². The molecule has 1 aliphatic rings. The maximum Gasteiger partial charge on any atom is 0.303 e. The van der Waals surface area contributed by atoms with Crippen LogP contribution in [0, 0.1) is 5.92 Å². The minimum absolute atomic E-state index is 0.389. The van der Waals surface area contributed by atoms with Gasteiger partial charge in [0, 0.05) is 6.42 Å². The van der Waals surface area contributed by atoms with Gasteiger partial charge in [-0.05, 0) is 18.8 Å². The summed E-state index contributed by atoms with van der Waals surface area (Å²) in [6, 6.07) is 0. The van der Waals surface area contributed by atoms with Gasteiger partial charge in [-0.15, -0.1) is 0 Å². The zero-order chi connectivity index (χ0) is 13.1. The van der Waals surface area contributed by atoms with E-state index in [1.54, 1.807) is 0 Å². The van der Waals surface area contributed by atoms with E-state index in [2.05, 4.69) is 0 Å². The molecule has 0 unspecified atom stereocenters. The average Bonchev–Trinajstić information content (AvgIpc) is 2.33. The Kier molecular flexibility index (Phi) is 8.97. The van der Waals surface area contributed by atoms with Gasteiger partial charge in [0.25, 0.3) is 0 Å². The van der Waals surface area contributed by atoms with Crippen molar-refractivity contribution in [1.29, 1.82) is 0 Å². The third-order valence-corrected chi connectivity index (χ3v) is 4.19. The topological polar surface area (TPSA) is 37.3 Å². The van der Waals surface area contributed by atoms with E-state index in [1.165, 1.54) is 70.6 Å². The Bertz CT molecular complexity index is 199. The van der Waals surface area contributed by atoms with Crippen molar-refractivity contribution in [2.45, 2.75) is 89.9 Å². The Hall–Kier alpha value is -0.530. The lowest BCUT2D eigenvalue weighted by molar-refractivity contribution is -0.138. The Morgan fingerprint density at radius 1 is 0.722 bits per heavy atom. The molecule has 1 N–H and O–H groups in total. The van der Waals surface area contributed by atoms with Gasteiger partial charge in [-0.25, -0.2) is 0 Å². The Morgan fingerprint density at radius 2 is 1.06 bits per heavy atom. The predicted molar refractivity (Wildman–Crippen MR) is 75.8 cm³/mol. The first-order valence-corrected chi connectivity index (χ1v) is 8.01. The number of rotatable bonds is 2. The van der Waals surface area contributed by atoms with Gasteiger partial charge in [0.1, 0.15) is 0 Å². The molecule has 0 bridgehead atoms. The lowest BCUT2D eigenvalue weighted by Crippen LogP contribution is -2.08. The number of carbonyl (C=O) groups is 1. The third-order valence-electron chi connectivity index (χ3n) is 4.19. The summed E-state index contributed by atoms with van der Waals surface area (Å²) in [4.78, 5) is 10.8. The molecule has 1 fully saturated rings. The molecule has 2 nitrogen and oxygen atoms in total. The molecule has 0 aromatic rings. The zero-order valence-electron chi connectivity index (χ0n) is 11.8. The van der Waals surface area contributed by atoms with Gasteiger partial charge in [-0.1, -0.05) is 70.6 Å². The highest BCUT2D eigenvalue weighted by Gasteiger charge is 2.12. The molecule has 2 heteroatoms. The highest BCUT2D eigenvalue weighted by molar-refractivity contribution is 5.66. The van der Waals surface area contributed by atoms with Gasteiger partial charge in [0.05, 0.1) is 0 Å². The summed E-state index contributed by atoms with van der Waals surface area (Å²) < 4.78 is 0. The van der Waals surface area contributed by atoms with Crippen molar-refractivity contribution in [3.05, 3.63) is 0 Å². The minimum Gasteiger partial charge on any atom is -0.481 e. The first kappa shape index (κ1) is 15.5. The molecule has 0 aromatic heterocycles. The van der Waals surface area contributed by atoms with Gasteiger partial charge in [-0.3, -0.25) is 4.79 Å². The highest BCUT2D eigenvalue weighted by atomic mass is 16.4. The van der Waals surface area contributed by atoms with E-state index < -0.39 is 5.97 Å². The largest absolute Gasteiger partial charge is 0.481 e. The number of aliphatic carboxylic acids is 1. The fraction of sp³-hybridized carbons (Fsp3) is 0.938. The summed E-state index contributed by atoms with van der Waals surface area (Å²) >= 11 is 0. The van der Waals surface area contributed by atoms with Gasteiger partial charge in [0.2, 0.25) is 0 Å². The fourth-order valence-corrected chi connectivity index (χ4v) is 3.05. The first-order valence-electron chi connectivity index (χ1n) is 8.01. The average molecular weight is 254 g/mol. The van der Waals surface area contributed by atoms with E-state index in [-0.39, 0.29) is 0 Å². The second kappa shape index (κ2) is 10.4. The van der Waals surface area contributed by atoms with E-state index in [0.717, 1.165) is 12.8 Å². The van der Waals surface area contributed by atoms with E-state index in [9.17, 15) is 4.79 Å². The first-order chi connectivity index (χ1) is 8.79. The summed E-state index contributed by atoms with van der Waals surface area (Å²) in [6.07, 6.45) is 17.4. The summed E-state index contributed by atoms with van der Waals surface area (Å²) in [7, 11) is 0. The summed E-state index contributed by atoms with van der Waals surface area (Å²) in [6.45, 7) is 0. The van der Waals surface area contributed by atoms with Crippen LogP contribution in [0.25, 0.3) is 0 Å². The normalized spacial score (nSPS) is 22.2. The summed E-state index contributed by atoms with van der Waals surface area (Å²) in [5.41, 5.74) is 0. The van der Waals surface area contributed by atoms with Crippen LogP contribution in [-0.2, 0) is 4.79 Å². The van der Waals surface area contributed by atoms with Crippen LogP contribution in [0.1, 0.15) is 89.9 Å². The zero-order valence-corrected chi connectivity index (χ0v) is 11.8. The maximum atomic E-state index is 10.8. The molecule has 1 aliphatic carbocycles. The van der Waals surface area contributed by atoms with Crippen LogP contribution in [-0.4, -0.2) is 11.1 Å². The van der Waals surface area contributed by atoms with Crippen LogP contribution in [0.4, 0.5) is 0 Å². The lowest BCUT2D eigenvalue weighted by Gasteiger charge is -2.15. The van der Waals surface area contributed by atoms with Crippen molar-refractivity contribution in [1.82, 2.24) is 0 Å². The summed E-state index contributed by atoms with van der Waals surface area (Å²) in [5, 5.41) is 8.94. The van der Waals surface area contributed by atoms with Crippen molar-refractivity contribution in [2.75, 3.05) is 0 Å². The number of carboxylic acids is 1. The molecule has 0 amide bonds. The smallest absolute Gasteiger partial charge is 0.303 e. The maximum absolute atomic E-state index is 10.8. The molecule has 1 rings (SSSR count). The molecule has 0 aromatic carbocycles. The van der Waals surface area contributed by atoms with Gasteiger partial charge >= 0.3 is 5.97 Å². The minimum atomic E-state index is -0.610. The van der Waals surface area contributed by atoms with E-state index in [1.807, 2.05) is 0 Å². The highest BCUT2D eigenvalue weighted by Crippen LogP contribution is 2.23. The molecular formula is C16H30O2. The molecule has 0 atom stereocenters. The van der Waals surface area contributed by atoms with Crippen LogP contribution >= 0.6 is 0 Å². The van der Waals surface area contributed by atoms with Crippen molar-refractivity contribution in [2.24, 2.45) is 5.92 Å². The quantitative estimate of drug-likeness (QED) is 0.738. The van der Waals surface area contributed by atoms with Crippen LogP contribution in [0.5, 0.6) is 0 Å². The molecule has 0 aliphatic heterocycles. The van der Waals surface area contributed by atoms with Gasteiger partial charge < -0.3 is 5.11 Å². The molecular weight excluding hydrogens is 224 g/mol. The molecule has 18 heavy (non-hydrogen) atoms. The van der Waals surface area contributed by atoms with Crippen LogP contribution in [0.15, 0.2) is 0 Å². The molecule has 0 radical (unpaired) electrons. The van der Waals surface area contributed by atoms with Crippen molar-refractivity contribution in [3.8, 4) is 0 Å². The molecule has 0 saturated heterocycles. The van der Waals surface area contributed by atoms with E-state index in [0.29, 0.717) is 12.3 Å². The van der Waals surface area contributed by atoms with Gasteiger partial charge in [-0.2, -0.15) is 0 Å². The number of hydrogen-bond acceptors (Lipinski definition) is 1. The van der Waals surface area contributed by atoms with Gasteiger partial charge in [0.15, 0.2) is 0 Å². The Labute approximate surface area is 112 Å². The van der Waals surface area contributed by atoms with E-state index in [4.69, 9.17) is 5.11 Å². The summed E-state index contributed by atoms with van der Waals surface area (Å²) in [5.74, 6) is -0.174. The fourth-order valence-electron chi connectivity index (χ4n) is 3.05. The molecule has 106 valence electrons. The van der Waals surface area contributed by atoms with Crippen LogP contribution in [0.2, 0.25) is 0 Å². The second-order valence-corrected chi connectivity index (χ2v) is 5.93. The number of carboxylic acid groups (broad SMARTS) is 1. The van der Waals surface area contributed by atoms with Crippen LogP contribution < -0.4 is 0 Å². The van der Waals surface area contributed by atoms with Crippen molar-refractivity contribution in [3.63, 3.8) is 0 Å². The SMILES string of the molecule is O=C(O)CC1CCCCCCCCCCCCC1. The monoisotopic (exact) mass is 254 g/mol. The standard InChI is InChI=1S/C16H30O2/c17-16(18)14-15-12-10-8-6-4-2-1-3-5-7-9-11-13-15/h15H,1-14H2,(H,17,18). The Morgan fingerprint density at radius 3 is 1.39 bits per heavy atom. The third kappa shape index (κ3) is 8.54. The predicted octanol–water partition coefficient (Wildman–Crippen LogP) is 5.16. The van der Waals surface area contributed by atoms with Crippen molar-refractivity contribution >= 4 is 5.97 Å². The second-order valence-electron chi connectivity index (χ2n) is 5.93. The lowest BCUT2D eigenvalue weighted by atomic mass is 9.91. The molecule has 0 spiro atoms. The van der Waals surface area contributed by atoms with E-state index >= 15 is 0 Å². The van der Waals surface area contributed by atoms with Crippen LogP contribution in [0.3, 0.4) is 0 Å². The Balaban J connectivity index is 2.26. The number of hydrogen-bond donors (Lipinski definition) is 1.